The summed E-state index contributed by atoms with van der Waals surface area (Å²) < 4.78 is 0. The van der Waals surface area contributed by atoms with Crippen LogP contribution in [-0.2, 0) is 10.2 Å². The van der Waals surface area contributed by atoms with E-state index >= 15 is 0 Å². The molecule has 0 saturated carbocycles. The number of hydrogen-bond acceptors (Lipinski definition) is 1. The van der Waals surface area contributed by atoms with Gasteiger partial charge in [-0.2, -0.15) is 0 Å². The molecule has 0 atom stereocenters. The van der Waals surface area contributed by atoms with E-state index in [1.807, 2.05) is 0 Å². The predicted molar refractivity (Wildman–Crippen MR) is 50.5 cm³/mol. The van der Waals surface area contributed by atoms with Crippen LogP contribution in [0.2, 0.25) is 0 Å². The highest BCUT2D eigenvalue weighted by Crippen LogP contribution is 2.23. The van der Waals surface area contributed by atoms with E-state index in [1.54, 1.807) is 38.1 Å². The van der Waals surface area contributed by atoms with E-state index < -0.39 is 11.4 Å². The summed E-state index contributed by atoms with van der Waals surface area (Å²) in [6.45, 7) is 8.83. The number of carboxylic acid groups (broad SMARTS) is 1. The maximum absolute atomic E-state index is 10.9. The van der Waals surface area contributed by atoms with Gasteiger partial charge in [0, 0.05) is 0 Å². The van der Waals surface area contributed by atoms with Crippen LogP contribution in [0.1, 0.15) is 25.0 Å². The minimum Gasteiger partial charge on any atom is -0.481 e. The molecule has 0 aliphatic rings. The first-order valence-corrected chi connectivity index (χ1v) is 4.04. The zero-order valence-electron chi connectivity index (χ0n) is 7.74. The van der Waals surface area contributed by atoms with Crippen molar-refractivity contribution in [3.8, 4) is 0 Å². The summed E-state index contributed by atoms with van der Waals surface area (Å²) in [5.41, 5.74) is 0.549. The first-order chi connectivity index (χ1) is 5.94. The Kier molecular flexibility index (Phi) is 2.41. The summed E-state index contributed by atoms with van der Waals surface area (Å²) in [6, 6.07) is 6.90. The Bertz CT molecular complexity index is 309. The lowest BCUT2D eigenvalue weighted by molar-refractivity contribution is -0.142. The second-order valence-corrected chi connectivity index (χ2v) is 3.55. The monoisotopic (exact) mass is 176 g/mol. The second-order valence-electron chi connectivity index (χ2n) is 3.55. The summed E-state index contributed by atoms with van der Waals surface area (Å²) in [5, 5.41) is 8.93. The van der Waals surface area contributed by atoms with Gasteiger partial charge < -0.3 is 5.11 Å². The van der Waals surface area contributed by atoms with Gasteiger partial charge in [-0.05, 0) is 31.9 Å². The average Bonchev–Trinajstić information content (AvgIpc) is 2.04. The molecule has 0 saturated heterocycles. The molecule has 0 amide bonds. The summed E-state index contributed by atoms with van der Waals surface area (Å²) in [4.78, 5) is 10.9. The van der Waals surface area contributed by atoms with Crippen LogP contribution < -0.4 is 0 Å². The maximum Gasteiger partial charge on any atom is 0.313 e. The SMILES string of the molecule is [CH]c1ccc(C(C)(C)C(=O)O)cc1. The molecule has 0 unspecified atom stereocenters. The minimum absolute atomic E-state index is 0.643. The Morgan fingerprint density at radius 1 is 1.31 bits per heavy atom. The van der Waals surface area contributed by atoms with Gasteiger partial charge in [-0.25, -0.2) is 0 Å². The van der Waals surface area contributed by atoms with Crippen molar-refractivity contribution in [1.82, 2.24) is 0 Å². The number of carbonyl (C=O) groups is 1. The molecule has 0 spiro atoms. The van der Waals surface area contributed by atoms with Gasteiger partial charge in [0.05, 0.1) is 5.41 Å². The number of benzene rings is 1. The molecule has 0 aliphatic carbocycles. The third-order valence-electron chi connectivity index (χ3n) is 2.17. The molecule has 0 aliphatic heterocycles. The van der Waals surface area contributed by atoms with Crippen molar-refractivity contribution in [2.24, 2.45) is 0 Å². The lowest BCUT2D eigenvalue weighted by atomic mass is 9.84. The van der Waals surface area contributed by atoms with Gasteiger partial charge in [0.2, 0.25) is 0 Å². The summed E-state index contributed by atoms with van der Waals surface area (Å²) in [7, 11) is 0. The lowest BCUT2D eigenvalue weighted by Crippen LogP contribution is -2.28. The first-order valence-electron chi connectivity index (χ1n) is 4.04. The highest BCUT2D eigenvalue weighted by atomic mass is 16.4. The molecule has 2 heteroatoms. The minimum atomic E-state index is -0.853. The maximum atomic E-state index is 10.9. The zero-order valence-corrected chi connectivity index (χ0v) is 7.74. The van der Waals surface area contributed by atoms with E-state index in [1.165, 1.54) is 0 Å². The Balaban J connectivity index is 3.08. The van der Waals surface area contributed by atoms with Gasteiger partial charge in [-0.3, -0.25) is 4.79 Å². The van der Waals surface area contributed by atoms with Crippen molar-refractivity contribution in [2.45, 2.75) is 19.3 Å². The van der Waals surface area contributed by atoms with Crippen molar-refractivity contribution in [3.05, 3.63) is 42.3 Å². The molecule has 1 aromatic rings. The first kappa shape index (κ1) is 9.78. The van der Waals surface area contributed by atoms with Gasteiger partial charge >= 0.3 is 5.97 Å². The molecule has 1 aromatic carbocycles. The van der Waals surface area contributed by atoms with Crippen LogP contribution in [0.3, 0.4) is 0 Å². The Morgan fingerprint density at radius 3 is 2.15 bits per heavy atom. The lowest BCUT2D eigenvalue weighted by Gasteiger charge is -2.19. The highest BCUT2D eigenvalue weighted by molar-refractivity contribution is 5.80. The van der Waals surface area contributed by atoms with Gasteiger partial charge in [-0.15, -0.1) is 0 Å². The zero-order chi connectivity index (χ0) is 10.1. The molecular formula is C11H12O2. The summed E-state index contributed by atoms with van der Waals surface area (Å²) in [5.74, 6) is -0.836. The second kappa shape index (κ2) is 3.21. The highest BCUT2D eigenvalue weighted by Gasteiger charge is 2.28. The van der Waals surface area contributed by atoms with E-state index in [9.17, 15) is 4.79 Å². The fraction of sp³-hybridized carbons (Fsp3) is 0.273. The molecule has 0 heterocycles. The average molecular weight is 176 g/mol. The molecule has 2 radical (unpaired) electrons. The quantitative estimate of drug-likeness (QED) is 0.749. The number of rotatable bonds is 2. The summed E-state index contributed by atoms with van der Waals surface area (Å²) >= 11 is 0. The molecule has 0 bridgehead atoms. The third-order valence-corrected chi connectivity index (χ3v) is 2.17. The molecule has 1 N–H and O–H groups in total. The number of hydrogen-bond donors (Lipinski definition) is 1. The van der Waals surface area contributed by atoms with Crippen molar-refractivity contribution in [1.29, 1.82) is 0 Å². The van der Waals surface area contributed by atoms with Crippen LogP contribution in [-0.4, -0.2) is 11.1 Å². The molecule has 0 fully saturated rings. The number of carboxylic acids is 1. The predicted octanol–water partition coefficient (Wildman–Crippen LogP) is 2.11. The number of aliphatic carboxylic acids is 1. The molecular weight excluding hydrogens is 164 g/mol. The van der Waals surface area contributed by atoms with Crippen LogP contribution >= 0.6 is 0 Å². The normalized spacial score (nSPS) is 11.3. The fourth-order valence-corrected chi connectivity index (χ4v) is 1.02. The smallest absolute Gasteiger partial charge is 0.313 e. The van der Waals surface area contributed by atoms with Gasteiger partial charge in [-0.1, -0.05) is 24.3 Å². The van der Waals surface area contributed by atoms with Crippen molar-refractivity contribution in [3.63, 3.8) is 0 Å². The summed E-state index contributed by atoms with van der Waals surface area (Å²) in [6.07, 6.45) is 0. The Labute approximate surface area is 78.2 Å². The van der Waals surface area contributed by atoms with Crippen LogP contribution in [0.15, 0.2) is 24.3 Å². The third kappa shape index (κ3) is 1.89. The van der Waals surface area contributed by atoms with Gasteiger partial charge in [0.25, 0.3) is 0 Å². The molecule has 0 aromatic heterocycles. The van der Waals surface area contributed by atoms with E-state index in [2.05, 4.69) is 0 Å². The Morgan fingerprint density at radius 2 is 1.77 bits per heavy atom. The molecule has 1 rings (SSSR count). The Hall–Kier alpha value is -1.31. The van der Waals surface area contributed by atoms with Gasteiger partial charge in [0.15, 0.2) is 0 Å². The largest absolute Gasteiger partial charge is 0.481 e. The van der Waals surface area contributed by atoms with E-state index in [0.717, 1.165) is 5.56 Å². The van der Waals surface area contributed by atoms with Crippen LogP contribution in [0.25, 0.3) is 0 Å². The van der Waals surface area contributed by atoms with Crippen molar-refractivity contribution >= 4 is 5.97 Å². The topological polar surface area (TPSA) is 37.3 Å². The van der Waals surface area contributed by atoms with Crippen molar-refractivity contribution < 1.29 is 9.90 Å². The molecule has 13 heavy (non-hydrogen) atoms. The van der Waals surface area contributed by atoms with E-state index in [-0.39, 0.29) is 0 Å². The van der Waals surface area contributed by atoms with Crippen molar-refractivity contribution in [2.75, 3.05) is 0 Å². The molecule has 68 valence electrons. The van der Waals surface area contributed by atoms with E-state index in [4.69, 9.17) is 12.0 Å². The van der Waals surface area contributed by atoms with E-state index in [0.29, 0.717) is 5.56 Å². The van der Waals surface area contributed by atoms with Gasteiger partial charge in [0.1, 0.15) is 0 Å². The van der Waals surface area contributed by atoms with Crippen LogP contribution in [0.4, 0.5) is 0 Å². The van der Waals surface area contributed by atoms with Crippen LogP contribution in [0.5, 0.6) is 0 Å². The fourth-order valence-electron chi connectivity index (χ4n) is 1.02. The molecule has 2 nitrogen and oxygen atoms in total. The standard InChI is InChI=1S/C11H12O2/c1-8-4-6-9(7-5-8)11(2,3)10(12)13/h1,4-7H,2-3H3,(H,12,13). The van der Waals surface area contributed by atoms with Crippen LogP contribution in [0, 0.1) is 6.92 Å².